The molecular formula is C6H7F. The van der Waals surface area contributed by atoms with E-state index in [9.17, 15) is 4.39 Å². The molecule has 0 nitrogen and oxygen atoms in total. The second-order valence-electron chi connectivity index (χ2n) is 1.31. The third kappa shape index (κ3) is 1.15. The maximum absolute atomic E-state index is 12.4. The molecule has 1 unspecified atom stereocenters. The molecule has 0 aliphatic heterocycles. The standard InChI is InChI=1S/C6H7F/c7-6-4-2-1-3-5-6/h1-4,6H,5H2/i5D2. The molecule has 1 aliphatic rings. The Morgan fingerprint density at radius 3 is 3.00 bits per heavy atom. The minimum absolute atomic E-state index is 1.21. The normalized spacial score (nSPS) is 39.9. The summed E-state index contributed by atoms with van der Waals surface area (Å²) < 4.78 is 26.4. The molecule has 0 saturated carbocycles. The largest absolute Gasteiger partial charge is 0.243 e. The molecule has 0 spiro atoms. The first-order chi connectivity index (χ1) is 4.13. The Bertz CT molecular complexity index is 160. The van der Waals surface area contributed by atoms with E-state index < -0.39 is 12.5 Å². The molecule has 0 heterocycles. The highest BCUT2D eigenvalue weighted by Gasteiger charge is 1.97. The predicted octanol–water partition coefficient (Wildman–Crippen LogP) is 1.84. The molecule has 0 fully saturated rings. The zero-order chi connectivity index (χ0) is 6.91. The Labute approximate surface area is 45.2 Å². The molecule has 0 saturated heterocycles. The van der Waals surface area contributed by atoms with Gasteiger partial charge in [-0.1, -0.05) is 24.3 Å². The first-order valence-electron chi connectivity index (χ1n) is 3.13. The van der Waals surface area contributed by atoms with Crippen LogP contribution in [-0.4, -0.2) is 6.17 Å². The van der Waals surface area contributed by atoms with E-state index in [0.717, 1.165) is 0 Å². The van der Waals surface area contributed by atoms with Crippen LogP contribution < -0.4 is 0 Å². The van der Waals surface area contributed by atoms with Crippen LogP contribution in [0.2, 0.25) is 0 Å². The molecule has 0 N–H and O–H groups in total. The van der Waals surface area contributed by atoms with Crippen molar-refractivity contribution in [1.29, 1.82) is 0 Å². The predicted molar refractivity (Wildman–Crippen MR) is 27.8 cm³/mol. The quantitative estimate of drug-likeness (QED) is 0.435. The Morgan fingerprint density at radius 1 is 1.71 bits per heavy atom. The van der Waals surface area contributed by atoms with Crippen LogP contribution >= 0.6 is 0 Å². The van der Waals surface area contributed by atoms with Gasteiger partial charge in [-0.15, -0.1) is 0 Å². The van der Waals surface area contributed by atoms with Gasteiger partial charge in [0, 0.05) is 9.11 Å². The molecule has 38 valence electrons. The van der Waals surface area contributed by atoms with Crippen molar-refractivity contribution in [3.63, 3.8) is 0 Å². The first kappa shape index (κ1) is 2.65. The summed E-state index contributed by atoms with van der Waals surface area (Å²) in [6.45, 7) is 0. The van der Waals surface area contributed by atoms with E-state index in [0.29, 0.717) is 0 Å². The van der Waals surface area contributed by atoms with E-state index in [1.807, 2.05) is 0 Å². The smallest absolute Gasteiger partial charge is 0.122 e. The van der Waals surface area contributed by atoms with Gasteiger partial charge >= 0.3 is 0 Å². The summed E-state index contributed by atoms with van der Waals surface area (Å²) in [7, 11) is 0. The van der Waals surface area contributed by atoms with Crippen molar-refractivity contribution in [2.24, 2.45) is 0 Å². The Balaban J connectivity index is 2.78. The van der Waals surface area contributed by atoms with Crippen molar-refractivity contribution in [2.75, 3.05) is 0 Å². The highest BCUT2D eigenvalue weighted by Crippen LogP contribution is 2.05. The van der Waals surface area contributed by atoms with Crippen LogP contribution in [0.1, 0.15) is 9.11 Å². The van der Waals surface area contributed by atoms with Gasteiger partial charge in [0.15, 0.2) is 0 Å². The maximum Gasteiger partial charge on any atom is 0.122 e. The number of hydrogen-bond donors (Lipinski definition) is 0. The lowest BCUT2D eigenvalue weighted by Gasteiger charge is -1.98. The van der Waals surface area contributed by atoms with Crippen LogP contribution in [0.25, 0.3) is 0 Å². The van der Waals surface area contributed by atoms with Crippen molar-refractivity contribution in [1.82, 2.24) is 0 Å². The van der Waals surface area contributed by atoms with Crippen molar-refractivity contribution >= 4 is 0 Å². The van der Waals surface area contributed by atoms with E-state index >= 15 is 0 Å². The zero-order valence-electron chi connectivity index (χ0n) is 5.76. The van der Waals surface area contributed by atoms with Crippen molar-refractivity contribution in [3.8, 4) is 0 Å². The molecule has 1 rings (SSSR count). The average Bonchev–Trinajstić information content (AvgIpc) is 1.77. The lowest BCUT2D eigenvalue weighted by Crippen LogP contribution is -1.93. The van der Waals surface area contributed by atoms with Gasteiger partial charge in [0.2, 0.25) is 0 Å². The average molecular weight is 100 g/mol. The van der Waals surface area contributed by atoms with Crippen LogP contribution in [0.15, 0.2) is 24.3 Å². The second-order valence-corrected chi connectivity index (χ2v) is 1.31. The van der Waals surface area contributed by atoms with Gasteiger partial charge in [-0.3, -0.25) is 0 Å². The molecule has 0 aromatic rings. The summed E-state index contributed by atoms with van der Waals surface area (Å²) in [5, 5.41) is 0. The van der Waals surface area contributed by atoms with Crippen LogP contribution in [-0.2, 0) is 0 Å². The van der Waals surface area contributed by atoms with E-state index in [-0.39, 0.29) is 0 Å². The van der Waals surface area contributed by atoms with Crippen molar-refractivity contribution < 1.29 is 7.13 Å². The van der Waals surface area contributed by atoms with E-state index in [4.69, 9.17) is 2.74 Å². The van der Waals surface area contributed by atoms with E-state index in [1.165, 1.54) is 24.3 Å². The fourth-order valence-corrected chi connectivity index (χ4v) is 0.420. The first-order valence-corrected chi connectivity index (χ1v) is 2.13. The topological polar surface area (TPSA) is 0 Å². The lowest BCUT2D eigenvalue weighted by molar-refractivity contribution is 0.401. The van der Waals surface area contributed by atoms with Gasteiger partial charge in [-0.25, -0.2) is 4.39 Å². The molecular weight excluding hydrogens is 91.1 g/mol. The monoisotopic (exact) mass is 100 g/mol. The maximum atomic E-state index is 12.4. The van der Waals surface area contributed by atoms with Crippen LogP contribution in [0.3, 0.4) is 0 Å². The summed E-state index contributed by atoms with van der Waals surface area (Å²) in [6.07, 6.45) is 2.16. The van der Waals surface area contributed by atoms with Crippen molar-refractivity contribution in [3.05, 3.63) is 24.3 Å². The SMILES string of the molecule is [2H]C1([2H])C=CC=CC1F. The number of halogens is 1. The van der Waals surface area contributed by atoms with Crippen LogP contribution in [0.4, 0.5) is 4.39 Å². The number of alkyl halides is 1. The minimum atomic E-state index is -1.80. The Hall–Kier alpha value is -0.590. The molecule has 0 aromatic heterocycles. The summed E-state index contributed by atoms with van der Waals surface area (Å²) >= 11 is 0. The molecule has 1 aliphatic carbocycles. The van der Waals surface area contributed by atoms with Gasteiger partial charge in [0.05, 0.1) is 0 Å². The molecule has 1 heteroatoms. The fraction of sp³-hybridized carbons (Fsp3) is 0.333. The Morgan fingerprint density at radius 2 is 2.57 bits per heavy atom. The van der Waals surface area contributed by atoms with Crippen molar-refractivity contribution in [2.45, 2.75) is 12.5 Å². The highest BCUT2D eigenvalue weighted by molar-refractivity contribution is 5.11. The number of allylic oxidation sites excluding steroid dienone is 4. The molecule has 0 radical (unpaired) electrons. The van der Waals surface area contributed by atoms with E-state index in [2.05, 4.69) is 0 Å². The van der Waals surface area contributed by atoms with Crippen LogP contribution in [0, 0.1) is 0 Å². The number of hydrogen-bond acceptors (Lipinski definition) is 0. The van der Waals surface area contributed by atoms with Gasteiger partial charge in [-0.05, 0) is 0 Å². The second kappa shape index (κ2) is 1.92. The molecule has 7 heavy (non-hydrogen) atoms. The third-order valence-electron chi connectivity index (χ3n) is 0.743. The lowest BCUT2D eigenvalue weighted by atomic mass is 10.2. The summed E-state index contributed by atoms with van der Waals surface area (Å²) in [4.78, 5) is 0. The molecule has 0 aromatic carbocycles. The summed E-state index contributed by atoms with van der Waals surface area (Å²) in [6, 6.07) is 0. The van der Waals surface area contributed by atoms with Gasteiger partial charge in [-0.2, -0.15) is 0 Å². The fourth-order valence-electron chi connectivity index (χ4n) is 0.420. The van der Waals surface area contributed by atoms with Gasteiger partial charge in [0.25, 0.3) is 0 Å². The summed E-state index contributed by atoms with van der Waals surface area (Å²) in [5.41, 5.74) is 0. The van der Waals surface area contributed by atoms with Gasteiger partial charge in [0.1, 0.15) is 6.17 Å². The molecule has 0 amide bonds. The van der Waals surface area contributed by atoms with Gasteiger partial charge < -0.3 is 0 Å². The van der Waals surface area contributed by atoms with E-state index in [1.54, 1.807) is 0 Å². The zero-order valence-corrected chi connectivity index (χ0v) is 3.76. The molecule has 1 atom stereocenters. The Kier molecular flexibility index (Phi) is 0.726. The highest BCUT2D eigenvalue weighted by atomic mass is 19.1. The third-order valence-corrected chi connectivity index (χ3v) is 0.743. The molecule has 0 bridgehead atoms. The number of rotatable bonds is 0. The van der Waals surface area contributed by atoms with Crippen LogP contribution in [0.5, 0.6) is 0 Å². The minimum Gasteiger partial charge on any atom is -0.243 e. The summed E-state index contributed by atoms with van der Waals surface area (Å²) in [5.74, 6) is 0.